The number of benzene rings is 1. The monoisotopic (exact) mass is 394 g/mol. The Labute approximate surface area is 130 Å². The summed E-state index contributed by atoms with van der Waals surface area (Å²) in [6.45, 7) is 0. The Balaban J connectivity index is 2.17. The van der Waals surface area contributed by atoms with Gasteiger partial charge in [0.05, 0.1) is 4.47 Å². The number of hydrogen-bond acceptors (Lipinski definition) is 0. The van der Waals surface area contributed by atoms with Crippen LogP contribution >= 0.6 is 31.9 Å². The van der Waals surface area contributed by atoms with Crippen molar-refractivity contribution >= 4 is 31.9 Å². The summed E-state index contributed by atoms with van der Waals surface area (Å²) >= 11 is 6.61. The summed E-state index contributed by atoms with van der Waals surface area (Å²) in [6, 6.07) is 2.54. The van der Waals surface area contributed by atoms with Gasteiger partial charge < -0.3 is 0 Å². The Hall–Kier alpha value is 0.0400. The van der Waals surface area contributed by atoms with E-state index >= 15 is 0 Å². The molecule has 0 aliphatic heterocycles. The van der Waals surface area contributed by atoms with Crippen molar-refractivity contribution < 1.29 is 8.78 Å². The zero-order chi connectivity index (χ0) is 13.8. The van der Waals surface area contributed by atoms with Crippen LogP contribution in [0.2, 0.25) is 0 Å². The molecule has 0 spiro atoms. The second-order valence-corrected chi connectivity index (χ2v) is 7.14. The van der Waals surface area contributed by atoms with Crippen molar-refractivity contribution in [3.05, 3.63) is 33.8 Å². The van der Waals surface area contributed by atoms with Gasteiger partial charge >= 0.3 is 0 Å². The van der Waals surface area contributed by atoms with E-state index in [4.69, 9.17) is 0 Å². The third-order valence-electron chi connectivity index (χ3n) is 3.90. The van der Waals surface area contributed by atoms with Crippen LogP contribution in [0.1, 0.15) is 55.3 Å². The highest BCUT2D eigenvalue weighted by Crippen LogP contribution is 2.40. The normalized spacial score (nSPS) is 19.8. The molecular formula is C15H18Br2F2. The summed E-state index contributed by atoms with van der Waals surface area (Å²) < 4.78 is 27.8. The average Bonchev–Trinajstić information content (AvgIpc) is 2.32. The van der Waals surface area contributed by atoms with Crippen LogP contribution in [0.25, 0.3) is 0 Å². The van der Waals surface area contributed by atoms with Gasteiger partial charge in [-0.15, -0.1) is 0 Å². The SMILES string of the molecule is Fc1cc(C(Br)C2CCCCCCC2)c(F)cc1Br. The first-order valence-electron chi connectivity index (χ1n) is 6.88. The van der Waals surface area contributed by atoms with Gasteiger partial charge in [-0.1, -0.05) is 48.0 Å². The van der Waals surface area contributed by atoms with Crippen molar-refractivity contribution in [3.8, 4) is 0 Å². The fraction of sp³-hybridized carbons (Fsp3) is 0.600. The second kappa shape index (κ2) is 7.16. The van der Waals surface area contributed by atoms with Gasteiger partial charge in [0.2, 0.25) is 0 Å². The zero-order valence-corrected chi connectivity index (χ0v) is 13.9. The minimum atomic E-state index is -0.397. The molecule has 0 saturated heterocycles. The molecule has 0 amide bonds. The summed E-state index contributed by atoms with van der Waals surface area (Å²) in [5.41, 5.74) is 0.450. The van der Waals surface area contributed by atoms with E-state index in [1.165, 1.54) is 44.2 Å². The van der Waals surface area contributed by atoms with Gasteiger partial charge in [-0.25, -0.2) is 8.78 Å². The highest BCUT2D eigenvalue weighted by Gasteiger charge is 2.24. The molecule has 1 unspecified atom stereocenters. The molecular weight excluding hydrogens is 378 g/mol. The highest BCUT2D eigenvalue weighted by molar-refractivity contribution is 9.10. The Kier molecular flexibility index (Phi) is 5.82. The van der Waals surface area contributed by atoms with E-state index in [-0.39, 0.29) is 15.1 Å². The third kappa shape index (κ3) is 4.01. The smallest absolute Gasteiger partial charge is 0.137 e. The Morgan fingerprint density at radius 1 is 0.947 bits per heavy atom. The predicted molar refractivity (Wildman–Crippen MR) is 81.5 cm³/mol. The topological polar surface area (TPSA) is 0 Å². The van der Waals surface area contributed by atoms with Crippen LogP contribution in [-0.2, 0) is 0 Å². The van der Waals surface area contributed by atoms with Gasteiger partial charge in [-0.3, -0.25) is 0 Å². The van der Waals surface area contributed by atoms with Crippen molar-refractivity contribution in [2.75, 3.05) is 0 Å². The summed E-state index contributed by atoms with van der Waals surface area (Å²) in [5, 5.41) is 0. The molecule has 0 bridgehead atoms. The van der Waals surface area contributed by atoms with Gasteiger partial charge in [-0.05, 0) is 46.8 Å². The number of halogens is 4. The average molecular weight is 396 g/mol. The molecule has 0 aromatic heterocycles. The second-order valence-electron chi connectivity index (χ2n) is 5.29. The fourth-order valence-electron chi connectivity index (χ4n) is 2.78. The van der Waals surface area contributed by atoms with Crippen LogP contribution in [0.4, 0.5) is 8.78 Å². The lowest BCUT2D eigenvalue weighted by molar-refractivity contribution is 0.370. The van der Waals surface area contributed by atoms with Crippen molar-refractivity contribution in [1.29, 1.82) is 0 Å². The number of hydrogen-bond donors (Lipinski definition) is 0. The van der Waals surface area contributed by atoms with E-state index < -0.39 is 5.82 Å². The molecule has 1 aliphatic rings. The van der Waals surface area contributed by atoms with E-state index in [9.17, 15) is 8.78 Å². The van der Waals surface area contributed by atoms with E-state index in [2.05, 4.69) is 31.9 Å². The molecule has 1 fully saturated rings. The van der Waals surface area contributed by atoms with Crippen LogP contribution in [0, 0.1) is 17.6 Å². The molecule has 2 rings (SSSR count). The van der Waals surface area contributed by atoms with E-state index in [1.807, 2.05) is 0 Å². The lowest BCUT2D eigenvalue weighted by Gasteiger charge is -2.25. The summed E-state index contributed by atoms with van der Waals surface area (Å²) in [4.78, 5) is -0.0896. The standard InChI is InChI=1S/C15H18Br2F2/c16-12-9-13(18)11(8-14(12)19)15(17)10-6-4-2-1-3-5-7-10/h8-10,15H,1-7H2. The first kappa shape index (κ1) is 15.4. The van der Waals surface area contributed by atoms with Crippen LogP contribution in [0.15, 0.2) is 16.6 Å². The lowest BCUT2D eigenvalue weighted by Crippen LogP contribution is -2.11. The molecule has 4 heteroatoms. The molecule has 0 heterocycles. The molecule has 0 nitrogen and oxygen atoms in total. The van der Waals surface area contributed by atoms with Crippen LogP contribution in [0.3, 0.4) is 0 Å². The highest BCUT2D eigenvalue weighted by atomic mass is 79.9. The van der Waals surface area contributed by atoms with Crippen molar-refractivity contribution in [2.45, 2.75) is 49.8 Å². The van der Waals surface area contributed by atoms with Crippen LogP contribution in [-0.4, -0.2) is 0 Å². The molecule has 1 aliphatic carbocycles. The van der Waals surface area contributed by atoms with Crippen molar-refractivity contribution in [2.24, 2.45) is 5.92 Å². The molecule has 19 heavy (non-hydrogen) atoms. The van der Waals surface area contributed by atoms with Gasteiger partial charge in [-0.2, -0.15) is 0 Å². The van der Waals surface area contributed by atoms with Crippen molar-refractivity contribution in [1.82, 2.24) is 0 Å². The maximum Gasteiger partial charge on any atom is 0.137 e. The molecule has 106 valence electrons. The zero-order valence-electron chi connectivity index (χ0n) is 10.8. The van der Waals surface area contributed by atoms with Gasteiger partial charge in [0, 0.05) is 10.4 Å². The minimum absolute atomic E-state index is 0.0896. The van der Waals surface area contributed by atoms with Gasteiger partial charge in [0.1, 0.15) is 11.6 Å². The molecule has 0 N–H and O–H groups in total. The third-order valence-corrected chi connectivity index (χ3v) is 5.75. The maximum absolute atomic E-state index is 14.0. The fourth-order valence-corrected chi connectivity index (χ4v) is 3.98. The first-order chi connectivity index (χ1) is 9.09. The maximum atomic E-state index is 14.0. The molecule has 1 aromatic carbocycles. The largest absolute Gasteiger partial charge is 0.207 e. The molecule has 0 radical (unpaired) electrons. The minimum Gasteiger partial charge on any atom is -0.207 e. The summed E-state index contributed by atoms with van der Waals surface area (Å²) in [7, 11) is 0. The number of alkyl halides is 1. The van der Waals surface area contributed by atoms with E-state index in [0.717, 1.165) is 12.8 Å². The molecule has 1 aromatic rings. The van der Waals surface area contributed by atoms with Gasteiger partial charge in [0.15, 0.2) is 0 Å². The molecule has 1 atom stereocenters. The first-order valence-corrected chi connectivity index (χ1v) is 8.59. The summed E-state index contributed by atoms with van der Waals surface area (Å²) in [5.74, 6) is -0.334. The Morgan fingerprint density at radius 3 is 2.16 bits per heavy atom. The van der Waals surface area contributed by atoms with E-state index in [0.29, 0.717) is 11.5 Å². The van der Waals surface area contributed by atoms with E-state index in [1.54, 1.807) is 0 Å². The number of rotatable bonds is 2. The predicted octanol–water partition coefficient (Wildman–Crippen LogP) is 6.52. The van der Waals surface area contributed by atoms with Crippen molar-refractivity contribution in [3.63, 3.8) is 0 Å². The summed E-state index contributed by atoms with van der Waals surface area (Å²) in [6.07, 6.45) is 8.38. The molecule has 1 saturated carbocycles. The Bertz CT molecular complexity index is 426. The Morgan fingerprint density at radius 2 is 1.53 bits per heavy atom. The lowest BCUT2D eigenvalue weighted by atomic mass is 9.86. The quantitative estimate of drug-likeness (QED) is 0.394. The van der Waals surface area contributed by atoms with Crippen LogP contribution in [0.5, 0.6) is 0 Å². The van der Waals surface area contributed by atoms with Gasteiger partial charge in [0.25, 0.3) is 0 Å². The van der Waals surface area contributed by atoms with Crippen LogP contribution < -0.4 is 0 Å².